The monoisotopic (exact) mass is 335 g/mol. The number of sulfonamides is 1. The number of amides is 1. The first-order valence-electron chi connectivity index (χ1n) is 6.89. The summed E-state index contributed by atoms with van der Waals surface area (Å²) in [5, 5.41) is 7.76. The van der Waals surface area contributed by atoms with E-state index in [1.807, 2.05) is 6.92 Å². The van der Waals surface area contributed by atoms with Crippen molar-refractivity contribution < 1.29 is 17.9 Å². The number of primary sulfonamides is 1. The number of carbonyl (C=O) groups is 1. The highest BCUT2D eigenvalue weighted by molar-refractivity contribution is 7.89. The molecule has 0 fully saturated rings. The van der Waals surface area contributed by atoms with E-state index in [0.29, 0.717) is 12.2 Å². The van der Waals surface area contributed by atoms with Gasteiger partial charge in [-0.1, -0.05) is 12.1 Å². The summed E-state index contributed by atoms with van der Waals surface area (Å²) in [6.45, 7) is 2.46. The second kappa shape index (κ2) is 7.21. The summed E-state index contributed by atoms with van der Waals surface area (Å²) in [5.74, 6) is -0.0471. The van der Waals surface area contributed by atoms with Crippen molar-refractivity contribution in [1.82, 2.24) is 10.3 Å². The zero-order chi connectivity index (χ0) is 16.9. The Bertz CT molecular complexity index is 789. The van der Waals surface area contributed by atoms with Gasteiger partial charge >= 0.3 is 0 Å². The molecule has 0 radical (unpaired) electrons. The Morgan fingerprint density at radius 2 is 1.96 bits per heavy atom. The van der Waals surface area contributed by atoms with E-state index < -0.39 is 10.0 Å². The van der Waals surface area contributed by atoms with E-state index in [1.54, 1.807) is 30.5 Å². The van der Waals surface area contributed by atoms with Crippen molar-refractivity contribution in [2.24, 2.45) is 5.14 Å². The molecule has 0 aliphatic heterocycles. The fourth-order valence-electron chi connectivity index (χ4n) is 1.89. The number of carbonyl (C=O) groups excluding carboxylic acids is 1. The molecule has 0 saturated heterocycles. The highest BCUT2D eigenvalue weighted by Gasteiger charge is 2.13. The normalized spacial score (nSPS) is 11.0. The van der Waals surface area contributed by atoms with Crippen LogP contribution in [0.3, 0.4) is 0 Å². The maximum Gasteiger partial charge on any atom is 0.257 e. The molecule has 2 rings (SSSR count). The van der Waals surface area contributed by atoms with Crippen molar-refractivity contribution in [2.45, 2.75) is 18.4 Å². The van der Waals surface area contributed by atoms with Gasteiger partial charge in [-0.2, -0.15) is 0 Å². The van der Waals surface area contributed by atoms with E-state index in [1.165, 1.54) is 12.1 Å². The first kappa shape index (κ1) is 16.9. The molecule has 0 saturated carbocycles. The van der Waals surface area contributed by atoms with E-state index in [4.69, 9.17) is 9.88 Å². The highest BCUT2D eigenvalue weighted by Crippen LogP contribution is 2.14. The Morgan fingerprint density at radius 3 is 2.57 bits per heavy atom. The molecule has 0 aliphatic rings. The van der Waals surface area contributed by atoms with Crippen LogP contribution in [0.25, 0.3) is 0 Å². The van der Waals surface area contributed by atoms with Gasteiger partial charge in [0, 0.05) is 12.7 Å². The molecule has 3 N–H and O–H groups in total. The molecule has 8 heteroatoms. The van der Waals surface area contributed by atoms with E-state index in [2.05, 4.69) is 10.3 Å². The molecule has 0 spiro atoms. The minimum atomic E-state index is -3.72. The topological polar surface area (TPSA) is 111 Å². The van der Waals surface area contributed by atoms with Gasteiger partial charge in [-0.25, -0.2) is 18.5 Å². The van der Waals surface area contributed by atoms with Crippen LogP contribution in [0, 0.1) is 0 Å². The molecule has 0 bridgehead atoms. The summed E-state index contributed by atoms with van der Waals surface area (Å²) in [4.78, 5) is 16.2. The Morgan fingerprint density at radius 1 is 1.26 bits per heavy atom. The molecule has 1 aromatic heterocycles. The van der Waals surface area contributed by atoms with Crippen molar-refractivity contribution in [3.8, 4) is 5.88 Å². The number of ether oxygens (including phenoxy) is 1. The Hall–Kier alpha value is -2.45. The number of rotatable bonds is 6. The van der Waals surface area contributed by atoms with Crippen LogP contribution >= 0.6 is 0 Å². The van der Waals surface area contributed by atoms with Crippen molar-refractivity contribution in [3.63, 3.8) is 0 Å². The van der Waals surface area contributed by atoms with Gasteiger partial charge < -0.3 is 10.1 Å². The molecule has 23 heavy (non-hydrogen) atoms. The van der Waals surface area contributed by atoms with Crippen LogP contribution in [0.5, 0.6) is 5.88 Å². The summed E-state index contributed by atoms with van der Waals surface area (Å²) in [7, 11) is -3.72. The van der Waals surface area contributed by atoms with Gasteiger partial charge in [0.15, 0.2) is 0 Å². The zero-order valence-electron chi connectivity index (χ0n) is 12.5. The predicted octanol–water partition coefficient (Wildman–Crippen LogP) is 1.06. The Balaban J connectivity index is 2.05. The Labute approximate surface area is 134 Å². The van der Waals surface area contributed by atoms with Crippen LogP contribution in [0.4, 0.5) is 0 Å². The maximum absolute atomic E-state index is 12.2. The van der Waals surface area contributed by atoms with Crippen LogP contribution in [-0.2, 0) is 16.6 Å². The molecule has 0 atom stereocenters. The SMILES string of the molecule is CCOc1ncccc1C(=O)NCc1ccc(S(N)(=O)=O)cc1. The van der Waals surface area contributed by atoms with Crippen molar-refractivity contribution in [1.29, 1.82) is 0 Å². The van der Waals surface area contributed by atoms with Crippen LogP contribution in [-0.4, -0.2) is 25.9 Å². The van der Waals surface area contributed by atoms with Crippen LogP contribution in [0.2, 0.25) is 0 Å². The molecule has 122 valence electrons. The first-order valence-corrected chi connectivity index (χ1v) is 8.44. The van der Waals surface area contributed by atoms with Gasteiger partial charge in [-0.15, -0.1) is 0 Å². The number of nitrogens with two attached hydrogens (primary N) is 1. The van der Waals surface area contributed by atoms with E-state index in [-0.39, 0.29) is 23.2 Å². The summed E-state index contributed by atoms with van der Waals surface area (Å²) >= 11 is 0. The molecule has 2 aromatic rings. The number of benzene rings is 1. The summed E-state index contributed by atoms with van der Waals surface area (Å²) in [6, 6.07) is 9.24. The second-order valence-electron chi connectivity index (χ2n) is 4.66. The lowest BCUT2D eigenvalue weighted by molar-refractivity contribution is 0.0946. The lowest BCUT2D eigenvalue weighted by Crippen LogP contribution is -2.23. The van der Waals surface area contributed by atoms with E-state index in [9.17, 15) is 13.2 Å². The molecule has 1 aromatic carbocycles. The van der Waals surface area contributed by atoms with E-state index in [0.717, 1.165) is 5.56 Å². The van der Waals surface area contributed by atoms with Crippen molar-refractivity contribution >= 4 is 15.9 Å². The summed E-state index contributed by atoms with van der Waals surface area (Å²) in [6.07, 6.45) is 1.55. The van der Waals surface area contributed by atoms with Crippen LogP contribution < -0.4 is 15.2 Å². The average Bonchev–Trinajstić information content (AvgIpc) is 2.53. The minimum absolute atomic E-state index is 0.0264. The zero-order valence-corrected chi connectivity index (χ0v) is 13.3. The molecule has 0 aliphatic carbocycles. The van der Waals surface area contributed by atoms with Gasteiger partial charge in [0.2, 0.25) is 15.9 Å². The van der Waals surface area contributed by atoms with Gasteiger partial charge in [0.25, 0.3) is 5.91 Å². The fraction of sp³-hybridized carbons (Fsp3) is 0.200. The van der Waals surface area contributed by atoms with Crippen molar-refractivity contribution in [2.75, 3.05) is 6.61 Å². The minimum Gasteiger partial charge on any atom is -0.477 e. The predicted molar refractivity (Wildman–Crippen MR) is 84.4 cm³/mol. The molecule has 7 nitrogen and oxygen atoms in total. The standard InChI is InChI=1S/C15H17N3O4S/c1-2-22-15-13(4-3-9-17-15)14(19)18-10-11-5-7-12(8-6-11)23(16,20)21/h3-9H,2,10H2,1H3,(H,18,19)(H2,16,20,21). The average molecular weight is 335 g/mol. The molecule has 0 unspecified atom stereocenters. The lowest BCUT2D eigenvalue weighted by Gasteiger charge is -2.09. The number of nitrogens with zero attached hydrogens (tertiary/aromatic N) is 1. The molecule has 1 heterocycles. The molecule has 1 amide bonds. The lowest BCUT2D eigenvalue weighted by atomic mass is 10.2. The number of nitrogens with one attached hydrogen (secondary N) is 1. The van der Waals surface area contributed by atoms with Crippen LogP contribution in [0.15, 0.2) is 47.5 Å². The number of pyridine rings is 1. The number of aromatic nitrogens is 1. The largest absolute Gasteiger partial charge is 0.477 e. The fourth-order valence-corrected chi connectivity index (χ4v) is 2.41. The Kier molecular flexibility index (Phi) is 5.30. The summed E-state index contributed by atoms with van der Waals surface area (Å²) < 4.78 is 27.7. The van der Waals surface area contributed by atoms with Gasteiger partial charge in [-0.3, -0.25) is 4.79 Å². The summed E-state index contributed by atoms with van der Waals surface area (Å²) in [5.41, 5.74) is 1.09. The maximum atomic E-state index is 12.2. The van der Waals surface area contributed by atoms with E-state index >= 15 is 0 Å². The quantitative estimate of drug-likeness (QED) is 0.820. The molecular formula is C15H17N3O4S. The smallest absolute Gasteiger partial charge is 0.257 e. The third kappa shape index (κ3) is 4.51. The molecular weight excluding hydrogens is 318 g/mol. The number of hydrogen-bond acceptors (Lipinski definition) is 5. The second-order valence-corrected chi connectivity index (χ2v) is 6.22. The van der Waals surface area contributed by atoms with Gasteiger partial charge in [0.05, 0.1) is 11.5 Å². The third-order valence-corrected chi connectivity index (χ3v) is 3.93. The number of hydrogen-bond donors (Lipinski definition) is 2. The van der Waals surface area contributed by atoms with Gasteiger partial charge in [-0.05, 0) is 36.8 Å². The first-order chi connectivity index (χ1) is 10.9. The van der Waals surface area contributed by atoms with Gasteiger partial charge in [0.1, 0.15) is 5.56 Å². The third-order valence-electron chi connectivity index (χ3n) is 3.00. The van der Waals surface area contributed by atoms with Crippen LogP contribution in [0.1, 0.15) is 22.8 Å². The van der Waals surface area contributed by atoms with Crippen molar-refractivity contribution in [3.05, 3.63) is 53.7 Å². The highest BCUT2D eigenvalue weighted by atomic mass is 32.2.